The zero-order chi connectivity index (χ0) is 26.4. The molecule has 2 aromatic heterocycles. The lowest BCUT2D eigenvalue weighted by Gasteiger charge is -2.27. The first-order valence-electron chi connectivity index (χ1n) is 12.4. The SMILES string of the molecule is CCC(=O)c1cc(-c2cnc3ccc(N(CCNC(C)C)c4cc(OC)cc(OC)c4)cc3n2)ccn1. The molecule has 0 spiro atoms. The Labute approximate surface area is 217 Å². The third-order valence-corrected chi connectivity index (χ3v) is 6.04. The van der Waals surface area contributed by atoms with E-state index in [1.807, 2.05) is 49.4 Å². The number of hydrogen-bond acceptors (Lipinski definition) is 8. The van der Waals surface area contributed by atoms with Gasteiger partial charge < -0.3 is 19.7 Å². The van der Waals surface area contributed by atoms with Crippen LogP contribution in [0.5, 0.6) is 11.5 Å². The monoisotopic (exact) mass is 499 g/mol. The third kappa shape index (κ3) is 6.21. The summed E-state index contributed by atoms with van der Waals surface area (Å²) >= 11 is 0. The number of carbonyl (C=O) groups excluding carboxylic acids is 1. The number of methoxy groups -OCH3 is 2. The van der Waals surface area contributed by atoms with Crippen molar-refractivity contribution >= 4 is 28.2 Å². The van der Waals surface area contributed by atoms with E-state index in [9.17, 15) is 4.79 Å². The van der Waals surface area contributed by atoms with E-state index >= 15 is 0 Å². The molecule has 37 heavy (non-hydrogen) atoms. The minimum absolute atomic E-state index is 0.00255. The van der Waals surface area contributed by atoms with E-state index in [4.69, 9.17) is 14.5 Å². The van der Waals surface area contributed by atoms with Crippen molar-refractivity contribution in [3.63, 3.8) is 0 Å². The molecule has 0 aliphatic rings. The summed E-state index contributed by atoms with van der Waals surface area (Å²) in [5.41, 5.74) is 5.39. The van der Waals surface area contributed by atoms with Crippen molar-refractivity contribution < 1.29 is 14.3 Å². The molecule has 0 saturated heterocycles. The van der Waals surface area contributed by atoms with E-state index in [1.54, 1.807) is 32.7 Å². The lowest BCUT2D eigenvalue weighted by Crippen LogP contribution is -2.32. The highest BCUT2D eigenvalue weighted by Gasteiger charge is 2.15. The fourth-order valence-electron chi connectivity index (χ4n) is 4.05. The molecule has 4 rings (SSSR count). The number of fused-ring (bicyclic) bond motifs is 1. The average molecular weight is 500 g/mol. The second kappa shape index (κ2) is 11.8. The van der Waals surface area contributed by atoms with Crippen molar-refractivity contribution in [1.82, 2.24) is 20.3 Å². The molecule has 0 radical (unpaired) electrons. The highest BCUT2D eigenvalue weighted by Crippen LogP contribution is 2.34. The van der Waals surface area contributed by atoms with Crippen LogP contribution in [0.1, 0.15) is 37.7 Å². The average Bonchev–Trinajstić information content (AvgIpc) is 2.93. The van der Waals surface area contributed by atoms with Crippen LogP contribution in [0, 0.1) is 0 Å². The number of hydrogen-bond donors (Lipinski definition) is 1. The Morgan fingerprint density at radius 2 is 1.70 bits per heavy atom. The second-order valence-electron chi connectivity index (χ2n) is 8.97. The second-order valence-corrected chi connectivity index (χ2v) is 8.97. The Kier molecular flexibility index (Phi) is 8.30. The Balaban J connectivity index is 1.76. The van der Waals surface area contributed by atoms with Gasteiger partial charge in [0.25, 0.3) is 0 Å². The van der Waals surface area contributed by atoms with E-state index in [-0.39, 0.29) is 5.78 Å². The van der Waals surface area contributed by atoms with Gasteiger partial charge in [0.15, 0.2) is 5.78 Å². The molecule has 0 unspecified atom stereocenters. The van der Waals surface area contributed by atoms with Crippen molar-refractivity contribution in [3.05, 3.63) is 66.6 Å². The number of Topliss-reactive ketones (excluding diaryl/α,β-unsaturated/α-hetero) is 1. The normalized spacial score (nSPS) is 11.1. The molecule has 192 valence electrons. The van der Waals surface area contributed by atoms with Crippen LogP contribution in [0.25, 0.3) is 22.3 Å². The van der Waals surface area contributed by atoms with Gasteiger partial charge in [-0.2, -0.15) is 0 Å². The number of anilines is 2. The van der Waals surface area contributed by atoms with Gasteiger partial charge in [-0.05, 0) is 30.3 Å². The first-order valence-corrected chi connectivity index (χ1v) is 12.4. The van der Waals surface area contributed by atoms with E-state index in [0.29, 0.717) is 35.3 Å². The van der Waals surface area contributed by atoms with Gasteiger partial charge in [-0.15, -0.1) is 0 Å². The van der Waals surface area contributed by atoms with Crippen molar-refractivity contribution in [2.75, 3.05) is 32.2 Å². The van der Waals surface area contributed by atoms with Gasteiger partial charge in [0.05, 0.1) is 37.1 Å². The number of nitrogens with zero attached hydrogens (tertiary/aromatic N) is 4. The molecule has 0 fully saturated rings. The van der Waals surface area contributed by atoms with Gasteiger partial charge in [0.2, 0.25) is 0 Å². The maximum Gasteiger partial charge on any atom is 0.180 e. The minimum Gasteiger partial charge on any atom is -0.497 e. The van der Waals surface area contributed by atoms with Crippen molar-refractivity contribution in [1.29, 1.82) is 0 Å². The van der Waals surface area contributed by atoms with E-state index in [1.165, 1.54) is 0 Å². The zero-order valence-electron chi connectivity index (χ0n) is 22.0. The quantitative estimate of drug-likeness (QED) is 0.273. The molecule has 0 aliphatic carbocycles. The number of aromatic nitrogens is 3. The molecule has 4 aromatic rings. The molecule has 8 heteroatoms. The Morgan fingerprint density at radius 3 is 2.38 bits per heavy atom. The molecule has 2 aromatic carbocycles. The number of pyridine rings is 1. The van der Waals surface area contributed by atoms with Crippen LogP contribution < -0.4 is 19.7 Å². The summed E-state index contributed by atoms with van der Waals surface area (Å²) in [7, 11) is 3.30. The molecular weight excluding hydrogens is 466 g/mol. The molecule has 1 N–H and O–H groups in total. The summed E-state index contributed by atoms with van der Waals surface area (Å²) in [5.74, 6) is 1.43. The van der Waals surface area contributed by atoms with Gasteiger partial charge >= 0.3 is 0 Å². The van der Waals surface area contributed by atoms with Crippen molar-refractivity contribution in [2.24, 2.45) is 0 Å². The number of ether oxygens (including phenoxy) is 2. The van der Waals surface area contributed by atoms with E-state index in [2.05, 4.69) is 34.0 Å². The number of rotatable bonds is 11. The Hall–Kier alpha value is -4.04. The van der Waals surface area contributed by atoms with Crippen molar-refractivity contribution in [2.45, 2.75) is 33.2 Å². The molecule has 2 heterocycles. The third-order valence-electron chi connectivity index (χ3n) is 6.04. The predicted octanol–water partition coefficient (Wildman–Crippen LogP) is 5.44. The fraction of sp³-hybridized carbons (Fsp3) is 0.310. The van der Waals surface area contributed by atoms with Crippen LogP contribution in [0.15, 0.2) is 60.9 Å². The molecule has 0 aliphatic heterocycles. The maximum atomic E-state index is 12.2. The highest BCUT2D eigenvalue weighted by molar-refractivity contribution is 5.95. The number of carbonyl (C=O) groups is 1. The molecule has 0 atom stereocenters. The number of ketones is 1. The summed E-state index contributed by atoms with van der Waals surface area (Å²) in [6.07, 6.45) is 3.77. The Morgan fingerprint density at radius 1 is 0.946 bits per heavy atom. The van der Waals surface area contributed by atoms with Gasteiger partial charge in [0, 0.05) is 66.9 Å². The zero-order valence-corrected chi connectivity index (χ0v) is 22.0. The largest absolute Gasteiger partial charge is 0.497 e. The smallest absolute Gasteiger partial charge is 0.180 e. The lowest BCUT2D eigenvalue weighted by atomic mass is 10.1. The minimum atomic E-state index is -0.00255. The van der Waals surface area contributed by atoms with Crippen LogP contribution in [0.3, 0.4) is 0 Å². The number of nitrogens with one attached hydrogen (secondary N) is 1. The predicted molar refractivity (Wildman–Crippen MR) is 147 cm³/mol. The first kappa shape index (κ1) is 26.0. The van der Waals surface area contributed by atoms with Crippen LogP contribution in [-0.2, 0) is 0 Å². The standard InChI is InChI=1S/C29H33N5O3/c1-6-29(35)27-13-20(9-10-31-27)28-18-32-25-8-7-21(16-26(25)33-28)34(12-11-30-19(2)3)22-14-23(36-4)17-24(15-22)37-5/h7-10,13-19,30H,6,11-12H2,1-5H3. The molecule has 0 amide bonds. The van der Waals surface area contributed by atoms with Gasteiger partial charge in [-0.3, -0.25) is 14.8 Å². The summed E-state index contributed by atoms with van der Waals surface area (Å²) in [6.45, 7) is 7.59. The molecule has 0 saturated carbocycles. The van der Waals surface area contributed by atoms with Crippen molar-refractivity contribution in [3.8, 4) is 22.8 Å². The lowest BCUT2D eigenvalue weighted by molar-refractivity contribution is 0.0983. The topological polar surface area (TPSA) is 89.5 Å². The summed E-state index contributed by atoms with van der Waals surface area (Å²) in [6, 6.07) is 15.9. The fourth-order valence-corrected chi connectivity index (χ4v) is 4.05. The summed E-state index contributed by atoms with van der Waals surface area (Å²) in [4.78, 5) is 28.1. The number of benzene rings is 2. The highest BCUT2D eigenvalue weighted by atomic mass is 16.5. The van der Waals surface area contributed by atoms with Crippen LogP contribution in [0.4, 0.5) is 11.4 Å². The molecule has 0 bridgehead atoms. The van der Waals surface area contributed by atoms with E-state index in [0.717, 1.165) is 41.1 Å². The summed E-state index contributed by atoms with van der Waals surface area (Å²) < 4.78 is 11.0. The maximum absolute atomic E-state index is 12.2. The van der Waals surface area contributed by atoms with Crippen LogP contribution >= 0.6 is 0 Å². The molecular formula is C29H33N5O3. The van der Waals surface area contributed by atoms with E-state index < -0.39 is 0 Å². The van der Waals surface area contributed by atoms with Gasteiger partial charge in [-0.1, -0.05) is 20.8 Å². The Bertz CT molecular complexity index is 1370. The van der Waals surface area contributed by atoms with Gasteiger partial charge in [-0.25, -0.2) is 4.98 Å². The first-order chi connectivity index (χ1) is 17.9. The summed E-state index contributed by atoms with van der Waals surface area (Å²) in [5, 5.41) is 3.49. The van der Waals surface area contributed by atoms with Gasteiger partial charge in [0.1, 0.15) is 17.2 Å². The van der Waals surface area contributed by atoms with Crippen LogP contribution in [0.2, 0.25) is 0 Å². The molecule has 8 nitrogen and oxygen atoms in total. The van der Waals surface area contributed by atoms with Crippen LogP contribution in [-0.4, -0.2) is 54.1 Å².